The number of nitrogens with one attached hydrogen (secondary N) is 2. The monoisotopic (exact) mass is 513 g/mol. The SMILES string of the molecule is CC(C)=C(NC(=O)[C@@H]1CCCN1C(=O)[C@@H](NC(=O)OC(C)(C)C)C(C)C)C(=O)C(F)(F)C(F)(F)F. The fraction of sp³-hybridized carbons (Fsp3) is 0.727. The van der Waals surface area contributed by atoms with Crippen LogP contribution in [0.15, 0.2) is 11.3 Å². The van der Waals surface area contributed by atoms with Gasteiger partial charge >= 0.3 is 18.2 Å². The van der Waals surface area contributed by atoms with Gasteiger partial charge in [-0.05, 0) is 59.0 Å². The Hall–Kier alpha value is -2.73. The van der Waals surface area contributed by atoms with Crippen molar-refractivity contribution in [2.24, 2.45) is 5.92 Å². The summed E-state index contributed by atoms with van der Waals surface area (Å²) in [6.45, 7) is 10.4. The summed E-state index contributed by atoms with van der Waals surface area (Å²) in [5.74, 6) is -10.5. The van der Waals surface area contributed by atoms with E-state index in [0.29, 0.717) is 6.42 Å². The Morgan fingerprint density at radius 2 is 1.54 bits per heavy atom. The summed E-state index contributed by atoms with van der Waals surface area (Å²) in [6.07, 6.45) is -6.61. The third-order valence-corrected chi connectivity index (χ3v) is 5.06. The number of allylic oxidation sites excluding steroid dienone is 2. The van der Waals surface area contributed by atoms with Crippen molar-refractivity contribution in [2.75, 3.05) is 6.54 Å². The number of carbonyl (C=O) groups excluding carboxylic acids is 4. The first-order chi connectivity index (χ1) is 15.7. The number of ether oxygens (including phenoxy) is 1. The first kappa shape index (κ1) is 30.3. The first-order valence-corrected chi connectivity index (χ1v) is 11.0. The van der Waals surface area contributed by atoms with Crippen molar-refractivity contribution in [3.05, 3.63) is 11.3 Å². The minimum Gasteiger partial charge on any atom is -0.444 e. The number of hydrogen-bond acceptors (Lipinski definition) is 5. The lowest BCUT2D eigenvalue weighted by atomic mass is 10.0. The summed E-state index contributed by atoms with van der Waals surface area (Å²) in [5, 5.41) is 4.32. The summed E-state index contributed by atoms with van der Waals surface area (Å²) in [6, 6.07) is -2.34. The smallest absolute Gasteiger partial charge is 0.444 e. The highest BCUT2D eigenvalue weighted by Crippen LogP contribution is 2.38. The molecule has 0 aromatic heterocycles. The Kier molecular flexibility index (Phi) is 9.44. The molecule has 1 aliphatic heterocycles. The van der Waals surface area contributed by atoms with Crippen LogP contribution in [0.25, 0.3) is 0 Å². The molecule has 0 aromatic carbocycles. The molecule has 2 N–H and O–H groups in total. The molecule has 8 nitrogen and oxygen atoms in total. The van der Waals surface area contributed by atoms with E-state index in [2.05, 4.69) is 5.32 Å². The standard InChI is InChI=1S/C22H32F5N3O5/c1-11(2)14(16(31)21(23,24)22(25,26)27)28-17(32)13-9-8-10-30(13)18(33)15(12(3)4)29-19(34)35-20(5,6)7/h12-13,15H,8-10H2,1-7H3,(H,28,32)(H,29,34)/t13-,15-/m0/s1. The number of amides is 3. The molecule has 200 valence electrons. The fourth-order valence-corrected chi connectivity index (χ4v) is 3.33. The molecule has 0 aromatic rings. The minimum absolute atomic E-state index is 0.0763. The molecule has 0 bridgehead atoms. The van der Waals surface area contributed by atoms with Crippen molar-refractivity contribution in [2.45, 2.75) is 91.1 Å². The molecule has 1 heterocycles. The predicted molar refractivity (Wildman–Crippen MR) is 115 cm³/mol. The van der Waals surface area contributed by atoms with Crippen LogP contribution in [0, 0.1) is 5.92 Å². The number of carbonyl (C=O) groups is 4. The number of Topliss-reactive ketones (excluding diaryl/α,β-unsaturated/α-hetero) is 1. The van der Waals surface area contributed by atoms with E-state index in [4.69, 9.17) is 4.74 Å². The van der Waals surface area contributed by atoms with Crippen molar-refractivity contribution in [3.63, 3.8) is 0 Å². The Balaban J connectivity index is 3.12. The maximum atomic E-state index is 13.6. The van der Waals surface area contributed by atoms with Crippen LogP contribution in [-0.4, -0.2) is 64.9 Å². The molecule has 0 spiro atoms. The molecule has 13 heteroatoms. The number of likely N-dealkylation sites (tertiary alicyclic amines) is 1. The lowest BCUT2D eigenvalue weighted by molar-refractivity contribution is -0.267. The largest absolute Gasteiger partial charge is 0.461 e. The van der Waals surface area contributed by atoms with Gasteiger partial charge in [0, 0.05) is 6.54 Å². The molecule has 2 atom stereocenters. The first-order valence-electron chi connectivity index (χ1n) is 11.0. The Morgan fingerprint density at radius 1 is 1.00 bits per heavy atom. The van der Waals surface area contributed by atoms with Crippen molar-refractivity contribution in [3.8, 4) is 0 Å². The van der Waals surface area contributed by atoms with Gasteiger partial charge < -0.3 is 20.3 Å². The highest BCUT2D eigenvalue weighted by Gasteiger charge is 2.64. The molecule has 3 amide bonds. The van der Waals surface area contributed by atoms with Crippen LogP contribution >= 0.6 is 0 Å². The molecule has 0 saturated carbocycles. The summed E-state index contributed by atoms with van der Waals surface area (Å²) in [7, 11) is 0. The van der Waals surface area contributed by atoms with Gasteiger partial charge in [0.2, 0.25) is 11.8 Å². The van der Waals surface area contributed by atoms with E-state index in [1.165, 1.54) is 0 Å². The van der Waals surface area contributed by atoms with Gasteiger partial charge in [0.1, 0.15) is 17.7 Å². The average Bonchev–Trinajstić information content (AvgIpc) is 3.16. The number of nitrogens with zero attached hydrogens (tertiary/aromatic N) is 1. The molecule has 1 aliphatic rings. The van der Waals surface area contributed by atoms with Crippen LogP contribution in [-0.2, 0) is 19.1 Å². The van der Waals surface area contributed by atoms with E-state index in [9.17, 15) is 41.1 Å². The topological polar surface area (TPSA) is 105 Å². The molecule has 0 aliphatic carbocycles. The highest BCUT2D eigenvalue weighted by molar-refractivity contribution is 6.05. The van der Waals surface area contributed by atoms with E-state index >= 15 is 0 Å². The zero-order valence-electron chi connectivity index (χ0n) is 20.7. The average molecular weight is 514 g/mol. The highest BCUT2D eigenvalue weighted by atomic mass is 19.4. The number of alkyl halides is 5. The van der Waals surface area contributed by atoms with E-state index in [-0.39, 0.29) is 18.5 Å². The van der Waals surface area contributed by atoms with Crippen molar-refractivity contribution in [1.82, 2.24) is 15.5 Å². The second-order valence-corrected chi connectivity index (χ2v) is 9.82. The number of rotatable bonds is 7. The van der Waals surface area contributed by atoms with Crippen LogP contribution in [0.2, 0.25) is 0 Å². The summed E-state index contributed by atoms with van der Waals surface area (Å²) in [4.78, 5) is 51.3. The van der Waals surface area contributed by atoms with E-state index in [1.807, 2.05) is 5.32 Å². The van der Waals surface area contributed by atoms with Gasteiger partial charge in [-0.15, -0.1) is 0 Å². The second-order valence-electron chi connectivity index (χ2n) is 9.82. The van der Waals surface area contributed by atoms with Crippen LogP contribution in [0.3, 0.4) is 0 Å². The predicted octanol–water partition coefficient (Wildman–Crippen LogP) is 3.70. The third-order valence-electron chi connectivity index (χ3n) is 5.06. The molecular weight excluding hydrogens is 481 g/mol. The Bertz CT molecular complexity index is 874. The van der Waals surface area contributed by atoms with Crippen LogP contribution < -0.4 is 10.6 Å². The number of ketones is 1. The van der Waals surface area contributed by atoms with Crippen molar-refractivity contribution >= 4 is 23.7 Å². The number of hydrogen-bond donors (Lipinski definition) is 2. The summed E-state index contributed by atoms with van der Waals surface area (Å²) in [5.41, 5.74) is -2.30. The van der Waals surface area contributed by atoms with Crippen LogP contribution in [0.5, 0.6) is 0 Å². The molecule has 1 saturated heterocycles. The zero-order chi connectivity index (χ0) is 27.5. The van der Waals surface area contributed by atoms with Gasteiger partial charge in [-0.25, -0.2) is 4.79 Å². The van der Waals surface area contributed by atoms with Gasteiger partial charge in [0.15, 0.2) is 0 Å². The Morgan fingerprint density at radius 3 is 1.97 bits per heavy atom. The molecule has 1 fully saturated rings. The lowest BCUT2D eigenvalue weighted by Crippen LogP contribution is -2.56. The maximum absolute atomic E-state index is 13.6. The molecule has 0 radical (unpaired) electrons. The maximum Gasteiger partial charge on any atom is 0.461 e. The fourth-order valence-electron chi connectivity index (χ4n) is 3.33. The van der Waals surface area contributed by atoms with Gasteiger partial charge in [0.25, 0.3) is 5.78 Å². The van der Waals surface area contributed by atoms with E-state index in [1.54, 1.807) is 34.6 Å². The second kappa shape index (κ2) is 10.9. The lowest BCUT2D eigenvalue weighted by Gasteiger charge is -2.31. The molecule has 0 unspecified atom stereocenters. The van der Waals surface area contributed by atoms with Crippen LogP contribution in [0.1, 0.15) is 61.3 Å². The van der Waals surface area contributed by atoms with Gasteiger partial charge in [-0.2, -0.15) is 22.0 Å². The molecular formula is C22H32F5N3O5. The minimum atomic E-state index is -6.15. The number of alkyl carbamates (subject to hydrolysis) is 1. The number of halogens is 5. The van der Waals surface area contributed by atoms with Crippen molar-refractivity contribution < 1.29 is 45.9 Å². The van der Waals surface area contributed by atoms with Gasteiger partial charge in [-0.3, -0.25) is 14.4 Å². The third kappa shape index (κ3) is 7.63. The quantitative estimate of drug-likeness (QED) is 0.399. The summed E-state index contributed by atoms with van der Waals surface area (Å²) < 4.78 is 70.5. The normalized spacial score (nSPS) is 17.6. The summed E-state index contributed by atoms with van der Waals surface area (Å²) >= 11 is 0. The van der Waals surface area contributed by atoms with Gasteiger partial charge in [0.05, 0.1) is 5.70 Å². The van der Waals surface area contributed by atoms with Crippen LogP contribution in [0.4, 0.5) is 26.7 Å². The van der Waals surface area contributed by atoms with E-state index < -0.39 is 65.1 Å². The van der Waals surface area contributed by atoms with Crippen molar-refractivity contribution in [1.29, 1.82) is 0 Å². The molecule has 35 heavy (non-hydrogen) atoms. The van der Waals surface area contributed by atoms with Gasteiger partial charge in [-0.1, -0.05) is 13.8 Å². The van der Waals surface area contributed by atoms with E-state index in [0.717, 1.165) is 18.7 Å². The Labute approximate surface area is 200 Å². The molecule has 1 rings (SSSR count). The zero-order valence-corrected chi connectivity index (χ0v) is 20.7.